The lowest BCUT2D eigenvalue weighted by molar-refractivity contribution is -0.118. The van der Waals surface area contributed by atoms with Gasteiger partial charge in [-0.15, -0.1) is 11.3 Å². The largest absolute Gasteiger partial charge is 0.348 e. The lowest BCUT2D eigenvalue weighted by atomic mass is 9.95. The number of hydrogen-bond donors (Lipinski definition) is 1. The van der Waals surface area contributed by atoms with Crippen molar-refractivity contribution >= 4 is 28.1 Å². The quantitative estimate of drug-likeness (QED) is 0.802. The van der Waals surface area contributed by atoms with Gasteiger partial charge in [-0.05, 0) is 25.0 Å². The number of nitrogens with one attached hydrogen (secondary N) is 1. The van der Waals surface area contributed by atoms with Crippen LogP contribution in [0.4, 0.5) is 10.8 Å². The number of benzene rings is 1. The second kappa shape index (κ2) is 8.00. The molecule has 1 saturated carbocycles. The van der Waals surface area contributed by atoms with Crippen LogP contribution in [0.1, 0.15) is 46.0 Å². The van der Waals surface area contributed by atoms with E-state index in [-0.39, 0.29) is 11.8 Å². The molecule has 1 aliphatic carbocycles. The van der Waals surface area contributed by atoms with E-state index in [1.54, 1.807) is 11.3 Å². The molecule has 2 aromatic rings. The summed E-state index contributed by atoms with van der Waals surface area (Å²) in [5.41, 5.74) is 2.92. The topological polar surface area (TPSA) is 45.2 Å². The predicted molar refractivity (Wildman–Crippen MR) is 106 cm³/mol. The first kappa shape index (κ1) is 17.9. The Kier molecular flexibility index (Phi) is 5.74. The van der Waals surface area contributed by atoms with Crippen LogP contribution in [0.5, 0.6) is 0 Å². The van der Waals surface area contributed by atoms with Gasteiger partial charge in [-0.3, -0.25) is 4.79 Å². The molecule has 1 aromatic heterocycles. The van der Waals surface area contributed by atoms with Crippen molar-refractivity contribution in [2.45, 2.75) is 52.0 Å². The molecule has 0 atom stereocenters. The molecule has 3 rings (SSSR count). The maximum absolute atomic E-state index is 11.8. The fourth-order valence-electron chi connectivity index (χ4n) is 3.19. The summed E-state index contributed by atoms with van der Waals surface area (Å²) in [6.45, 7) is 3.78. The number of carbonyl (C=O) groups is 1. The summed E-state index contributed by atoms with van der Waals surface area (Å²) in [4.78, 5) is 19.0. The molecule has 1 N–H and O–H groups in total. The molecule has 134 valence electrons. The molecule has 1 amide bonds. The van der Waals surface area contributed by atoms with Crippen molar-refractivity contribution < 1.29 is 4.79 Å². The second-order valence-corrected chi connectivity index (χ2v) is 7.98. The summed E-state index contributed by atoms with van der Waals surface area (Å²) < 4.78 is 0. The Bertz CT molecular complexity index is 702. The van der Waals surface area contributed by atoms with Gasteiger partial charge in [0.25, 0.3) is 0 Å². The van der Waals surface area contributed by atoms with E-state index in [0.717, 1.165) is 22.1 Å². The number of carbonyl (C=O) groups excluding carboxylic acids is 1. The smallest absolute Gasteiger partial charge is 0.226 e. The van der Waals surface area contributed by atoms with Gasteiger partial charge in [-0.25, -0.2) is 4.98 Å². The molecule has 5 heteroatoms. The minimum Gasteiger partial charge on any atom is -0.348 e. The molecule has 0 unspecified atom stereocenters. The van der Waals surface area contributed by atoms with Gasteiger partial charge in [-0.1, -0.05) is 45.2 Å². The molecular weight excluding hydrogens is 330 g/mol. The lowest BCUT2D eigenvalue weighted by Crippen LogP contribution is -2.33. The summed E-state index contributed by atoms with van der Waals surface area (Å²) in [6, 6.07) is 8.56. The van der Waals surface area contributed by atoms with Crippen LogP contribution in [0.2, 0.25) is 0 Å². The van der Waals surface area contributed by atoms with Gasteiger partial charge in [0, 0.05) is 35.6 Å². The summed E-state index contributed by atoms with van der Waals surface area (Å²) >= 11 is 1.71. The zero-order valence-electron chi connectivity index (χ0n) is 15.3. The van der Waals surface area contributed by atoms with Crippen LogP contribution in [0.25, 0.3) is 11.3 Å². The Labute approximate surface area is 154 Å². The van der Waals surface area contributed by atoms with Crippen molar-refractivity contribution in [2.24, 2.45) is 5.92 Å². The summed E-state index contributed by atoms with van der Waals surface area (Å²) in [6.07, 6.45) is 6.58. The van der Waals surface area contributed by atoms with E-state index in [1.165, 1.54) is 32.1 Å². The Morgan fingerprint density at radius 3 is 2.52 bits per heavy atom. The van der Waals surface area contributed by atoms with Crippen LogP contribution in [0.15, 0.2) is 29.6 Å². The van der Waals surface area contributed by atoms with Crippen molar-refractivity contribution in [1.82, 2.24) is 4.98 Å². The molecular formula is C20H27N3OS. The van der Waals surface area contributed by atoms with E-state index < -0.39 is 0 Å². The Morgan fingerprint density at radius 2 is 1.88 bits per heavy atom. The average molecular weight is 358 g/mol. The second-order valence-electron chi connectivity index (χ2n) is 7.14. The maximum atomic E-state index is 11.8. The molecule has 0 radical (unpaired) electrons. The van der Waals surface area contributed by atoms with E-state index in [4.69, 9.17) is 4.98 Å². The van der Waals surface area contributed by atoms with Gasteiger partial charge >= 0.3 is 0 Å². The third kappa shape index (κ3) is 4.40. The highest BCUT2D eigenvalue weighted by atomic mass is 32.1. The summed E-state index contributed by atoms with van der Waals surface area (Å²) in [7, 11) is 2.17. The van der Waals surface area contributed by atoms with Gasteiger partial charge < -0.3 is 10.2 Å². The first-order valence-electron chi connectivity index (χ1n) is 9.14. The van der Waals surface area contributed by atoms with Crippen LogP contribution < -0.4 is 10.2 Å². The van der Waals surface area contributed by atoms with Gasteiger partial charge in [0.2, 0.25) is 5.91 Å². The van der Waals surface area contributed by atoms with Gasteiger partial charge in [0.05, 0.1) is 5.69 Å². The van der Waals surface area contributed by atoms with Crippen molar-refractivity contribution in [2.75, 3.05) is 17.3 Å². The minimum atomic E-state index is -0.0175. The number of nitrogens with zero attached hydrogens (tertiary/aromatic N) is 2. The number of thiazole rings is 1. The molecule has 4 nitrogen and oxygen atoms in total. The maximum Gasteiger partial charge on any atom is 0.226 e. The van der Waals surface area contributed by atoms with E-state index in [1.807, 2.05) is 38.1 Å². The molecule has 0 aliphatic heterocycles. The van der Waals surface area contributed by atoms with Crippen LogP contribution in [-0.2, 0) is 4.79 Å². The van der Waals surface area contributed by atoms with E-state index >= 15 is 0 Å². The fraction of sp³-hybridized carbons (Fsp3) is 0.500. The Hall–Kier alpha value is -1.88. The molecule has 25 heavy (non-hydrogen) atoms. The number of amides is 1. The lowest BCUT2D eigenvalue weighted by Gasteiger charge is -2.30. The summed E-state index contributed by atoms with van der Waals surface area (Å²) in [5, 5.41) is 6.14. The molecule has 1 aromatic carbocycles. The van der Waals surface area contributed by atoms with Crippen molar-refractivity contribution in [3.8, 4) is 11.3 Å². The normalized spacial score (nSPS) is 15.4. The number of aromatic nitrogens is 1. The molecule has 1 heterocycles. The standard InChI is InChI=1S/C20H27N3OS/c1-14(2)19(24)21-16-11-9-15(10-12-16)18-13-25-20(22-18)23(3)17-7-5-4-6-8-17/h9-14,17H,4-8H2,1-3H3,(H,21,24). The van der Waals surface area contributed by atoms with Crippen molar-refractivity contribution in [3.05, 3.63) is 29.6 Å². The summed E-state index contributed by atoms with van der Waals surface area (Å²) in [5.74, 6) is 0.0221. The molecule has 0 spiro atoms. The number of hydrogen-bond acceptors (Lipinski definition) is 4. The van der Waals surface area contributed by atoms with Crippen LogP contribution in [0, 0.1) is 5.92 Å². The van der Waals surface area contributed by atoms with Crippen LogP contribution >= 0.6 is 11.3 Å². The first-order valence-corrected chi connectivity index (χ1v) is 10.0. The number of rotatable bonds is 5. The molecule has 0 saturated heterocycles. The highest BCUT2D eigenvalue weighted by Crippen LogP contribution is 2.31. The van der Waals surface area contributed by atoms with Gasteiger partial charge in [0.1, 0.15) is 0 Å². The van der Waals surface area contributed by atoms with Crippen LogP contribution in [0.3, 0.4) is 0 Å². The van der Waals surface area contributed by atoms with Crippen molar-refractivity contribution in [3.63, 3.8) is 0 Å². The van der Waals surface area contributed by atoms with Gasteiger partial charge in [0.15, 0.2) is 5.13 Å². The Balaban J connectivity index is 1.68. The zero-order valence-corrected chi connectivity index (χ0v) is 16.1. The highest BCUT2D eigenvalue weighted by molar-refractivity contribution is 7.14. The van der Waals surface area contributed by atoms with Gasteiger partial charge in [-0.2, -0.15) is 0 Å². The third-order valence-electron chi connectivity index (χ3n) is 4.89. The zero-order chi connectivity index (χ0) is 17.8. The van der Waals surface area contributed by atoms with E-state index in [2.05, 4.69) is 22.6 Å². The first-order chi connectivity index (χ1) is 12.0. The van der Waals surface area contributed by atoms with Crippen LogP contribution in [-0.4, -0.2) is 24.0 Å². The SMILES string of the molecule is CC(C)C(=O)Nc1ccc(-c2csc(N(C)C3CCCCC3)n2)cc1. The molecule has 1 fully saturated rings. The third-order valence-corrected chi connectivity index (χ3v) is 5.82. The fourth-order valence-corrected chi connectivity index (χ4v) is 4.07. The highest BCUT2D eigenvalue weighted by Gasteiger charge is 2.20. The number of anilines is 2. The monoisotopic (exact) mass is 357 g/mol. The molecule has 1 aliphatic rings. The van der Waals surface area contributed by atoms with E-state index in [0.29, 0.717) is 6.04 Å². The van der Waals surface area contributed by atoms with E-state index in [9.17, 15) is 4.79 Å². The van der Waals surface area contributed by atoms with Crippen molar-refractivity contribution in [1.29, 1.82) is 0 Å². The predicted octanol–water partition coefficient (Wildman–Crippen LogP) is 5.17. The average Bonchev–Trinajstić information content (AvgIpc) is 3.12. The molecule has 0 bridgehead atoms. The minimum absolute atomic E-state index is 0.0175. The Morgan fingerprint density at radius 1 is 1.20 bits per heavy atom.